The second kappa shape index (κ2) is 15.6. The van der Waals surface area contributed by atoms with Gasteiger partial charge in [0.1, 0.15) is 12.1 Å². The monoisotopic (exact) mass is 698 g/mol. The third kappa shape index (κ3) is 8.57. The van der Waals surface area contributed by atoms with Crippen molar-refractivity contribution in [2.75, 3.05) is 38.6 Å². The summed E-state index contributed by atoms with van der Waals surface area (Å²) in [7, 11) is -0.656. The average Bonchev–Trinajstić information content (AvgIpc) is 3.83. The average molecular weight is 699 g/mol. The van der Waals surface area contributed by atoms with Crippen LogP contribution < -0.4 is 10.2 Å². The number of anilines is 1. The molecule has 15 heteroatoms. The number of aliphatic hydroxyl groups is 1. The lowest BCUT2D eigenvalue weighted by atomic mass is 10.0. The van der Waals surface area contributed by atoms with Gasteiger partial charge in [0.15, 0.2) is 5.58 Å². The number of rotatable bonds is 14. The minimum atomic E-state index is -4.16. The Hall–Kier alpha value is -3.89. The summed E-state index contributed by atoms with van der Waals surface area (Å²) in [5, 5.41) is 14.2. The number of benzene rings is 2. The number of hydrogen-bond donors (Lipinski definition) is 2. The molecule has 4 aromatic rings. The predicted molar refractivity (Wildman–Crippen MR) is 182 cm³/mol. The summed E-state index contributed by atoms with van der Waals surface area (Å²) in [6.45, 7) is 4.43. The molecule has 2 N–H and O–H groups in total. The number of likely N-dealkylation sites (N-methyl/N-ethyl adjacent to an activating group) is 2. The van der Waals surface area contributed by atoms with E-state index in [-0.39, 0.29) is 60.5 Å². The molecule has 1 aliphatic heterocycles. The summed E-state index contributed by atoms with van der Waals surface area (Å²) in [5.74, 6) is -0.219. The molecular formula is C33H42N6O7S2. The first-order chi connectivity index (χ1) is 22.9. The van der Waals surface area contributed by atoms with Crippen LogP contribution in [0.2, 0.25) is 0 Å². The topological polar surface area (TPSA) is 158 Å². The zero-order valence-corrected chi connectivity index (χ0v) is 29.1. The van der Waals surface area contributed by atoms with Crippen LogP contribution in [0.5, 0.6) is 0 Å². The molecule has 1 saturated heterocycles. The Bertz CT molecular complexity index is 1780. The molecule has 0 bridgehead atoms. The fraction of sp³-hybridized carbons (Fsp3) is 0.455. The zero-order valence-electron chi connectivity index (χ0n) is 27.5. The smallest absolute Gasteiger partial charge is 0.407 e. The molecule has 0 radical (unpaired) electrons. The van der Waals surface area contributed by atoms with E-state index in [4.69, 9.17) is 9.15 Å². The number of aliphatic hydroxyl groups excluding tert-OH is 1. The van der Waals surface area contributed by atoms with Crippen molar-refractivity contribution in [3.63, 3.8) is 0 Å². The lowest BCUT2D eigenvalue weighted by Gasteiger charge is -2.30. The van der Waals surface area contributed by atoms with Crippen molar-refractivity contribution in [3.8, 4) is 0 Å². The number of hydrogen-bond acceptors (Lipinski definition) is 11. The van der Waals surface area contributed by atoms with Gasteiger partial charge in [0.25, 0.3) is 0 Å². The first-order valence-corrected chi connectivity index (χ1v) is 18.2. The van der Waals surface area contributed by atoms with Crippen molar-refractivity contribution in [1.82, 2.24) is 24.5 Å². The molecule has 0 aliphatic carbocycles. The number of likely N-dealkylation sites (tertiary alicyclic amines) is 1. The largest absolute Gasteiger partial charge is 0.444 e. The molecule has 3 heterocycles. The van der Waals surface area contributed by atoms with Crippen LogP contribution >= 0.6 is 11.3 Å². The predicted octanol–water partition coefficient (Wildman–Crippen LogP) is 3.89. The number of fused-ring (bicyclic) bond motifs is 1. The number of aromatic nitrogens is 2. The van der Waals surface area contributed by atoms with E-state index in [9.17, 15) is 23.1 Å². The van der Waals surface area contributed by atoms with E-state index in [1.807, 2.05) is 56.1 Å². The first kappa shape index (κ1) is 35.4. The Kier molecular flexibility index (Phi) is 11.5. The number of sulfonamides is 1. The number of carbonyl (C=O) groups is 2. The SMILES string of the molecule is CC(C)CN(CC(O)C(Cc1ccccc1)NC(=O)OCc1cncs1)S(=O)(=O)c1ccc2nc(N(C)C(=O)C3CCCN3C)oc2c1. The summed E-state index contributed by atoms with van der Waals surface area (Å²) < 4.78 is 40.7. The van der Waals surface area contributed by atoms with Gasteiger partial charge >= 0.3 is 12.1 Å². The molecule has 2 amide bonds. The van der Waals surface area contributed by atoms with Gasteiger partial charge < -0.3 is 19.6 Å². The number of amides is 2. The maximum atomic E-state index is 14.1. The molecule has 0 spiro atoms. The minimum absolute atomic E-state index is 0.0198. The summed E-state index contributed by atoms with van der Waals surface area (Å²) in [4.78, 5) is 38.4. The van der Waals surface area contributed by atoms with Crippen LogP contribution in [0.25, 0.3) is 11.1 Å². The first-order valence-electron chi connectivity index (χ1n) is 15.8. The Morgan fingerprint density at radius 2 is 1.96 bits per heavy atom. The molecule has 0 saturated carbocycles. The van der Waals surface area contributed by atoms with E-state index in [0.29, 0.717) is 5.52 Å². The lowest BCUT2D eigenvalue weighted by molar-refractivity contribution is -0.122. The number of nitrogens with one attached hydrogen (secondary N) is 1. The van der Waals surface area contributed by atoms with E-state index in [0.717, 1.165) is 29.8 Å². The summed E-state index contributed by atoms with van der Waals surface area (Å²) >= 11 is 1.35. The van der Waals surface area contributed by atoms with Crippen molar-refractivity contribution in [2.24, 2.45) is 5.92 Å². The quantitative estimate of drug-likeness (QED) is 0.198. The Balaban J connectivity index is 1.35. The second-order valence-electron chi connectivity index (χ2n) is 12.4. The molecule has 258 valence electrons. The molecule has 48 heavy (non-hydrogen) atoms. The van der Waals surface area contributed by atoms with Crippen molar-refractivity contribution in [3.05, 3.63) is 70.7 Å². The van der Waals surface area contributed by atoms with Crippen molar-refractivity contribution < 1.29 is 32.3 Å². The highest BCUT2D eigenvalue weighted by molar-refractivity contribution is 7.89. The summed E-state index contributed by atoms with van der Waals surface area (Å²) in [6.07, 6.45) is 1.49. The third-order valence-corrected chi connectivity index (χ3v) is 10.8. The summed E-state index contributed by atoms with van der Waals surface area (Å²) in [5.41, 5.74) is 3.10. The van der Waals surface area contributed by atoms with Crippen LogP contribution in [0.1, 0.15) is 37.1 Å². The van der Waals surface area contributed by atoms with Gasteiger partial charge in [-0.25, -0.2) is 13.2 Å². The number of nitrogens with zero attached hydrogens (tertiary/aromatic N) is 5. The number of carbonyl (C=O) groups excluding carboxylic acids is 2. The van der Waals surface area contributed by atoms with Gasteiger partial charge in [-0.05, 0) is 56.5 Å². The fourth-order valence-electron chi connectivity index (χ4n) is 5.69. The van der Waals surface area contributed by atoms with E-state index >= 15 is 0 Å². The van der Waals surface area contributed by atoms with Gasteiger partial charge in [-0.15, -0.1) is 11.3 Å². The molecule has 2 aromatic carbocycles. The van der Waals surface area contributed by atoms with Gasteiger partial charge in [0.05, 0.1) is 33.5 Å². The molecule has 5 rings (SSSR count). The van der Waals surface area contributed by atoms with E-state index < -0.39 is 28.3 Å². The van der Waals surface area contributed by atoms with Crippen molar-refractivity contribution in [2.45, 2.75) is 62.8 Å². The van der Waals surface area contributed by atoms with Crippen LogP contribution in [0.15, 0.2) is 69.6 Å². The molecule has 2 aromatic heterocycles. The highest BCUT2D eigenvalue weighted by Gasteiger charge is 2.34. The van der Waals surface area contributed by atoms with E-state index in [1.165, 1.54) is 38.7 Å². The van der Waals surface area contributed by atoms with Crippen molar-refractivity contribution >= 4 is 50.5 Å². The minimum Gasteiger partial charge on any atom is -0.444 e. The second-order valence-corrected chi connectivity index (χ2v) is 15.3. The van der Waals surface area contributed by atoms with Crippen LogP contribution in [-0.2, 0) is 32.6 Å². The number of oxazole rings is 1. The Morgan fingerprint density at radius 3 is 2.62 bits per heavy atom. The maximum Gasteiger partial charge on any atom is 0.407 e. The summed E-state index contributed by atoms with van der Waals surface area (Å²) in [6, 6.07) is 12.6. The number of alkyl carbamates (subject to hydrolysis) is 1. The van der Waals surface area contributed by atoms with Gasteiger partial charge in [-0.2, -0.15) is 9.29 Å². The molecule has 1 aliphatic rings. The maximum absolute atomic E-state index is 14.1. The van der Waals surface area contributed by atoms with Gasteiger partial charge in [0.2, 0.25) is 15.9 Å². The van der Waals surface area contributed by atoms with Crippen LogP contribution in [-0.4, -0.2) is 96.6 Å². The highest BCUT2D eigenvalue weighted by atomic mass is 32.2. The molecule has 3 unspecified atom stereocenters. The molecular weight excluding hydrogens is 657 g/mol. The Labute approximate surface area is 284 Å². The molecule has 3 atom stereocenters. The van der Waals surface area contributed by atoms with E-state index in [1.54, 1.807) is 18.8 Å². The number of ether oxygens (including phenoxy) is 1. The Morgan fingerprint density at radius 1 is 1.19 bits per heavy atom. The van der Waals surface area contributed by atoms with Gasteiger partial charge in [0, 0.05) is 32.4 Å². The molecule has 13 nitrogen and oxygen atoms in total. The van der Waals surface area contributed by atoms with Gasteiger partial charge in [-0.3, -0.25) is 19.6 Å². The third-order valence-electron chi connectivity index (χ3n) is 8.26. The van der Waals surface area contributed by atoms with Crippen LogP contribution in [0.4, 0.5) is 10.8 Å². The van der Waals surface area contributed by atoms with Crippen LogP contribution in [0, 0.1) is 5.92 Å². The normalized spacial score (nSPS) is 16.8. The lowest BCUT2D eigenvalue weighted by Crippen LogP contribution is -2.51. The van der Waals surface area contributed by atoms with Crippen molar-refractivity contribution in [1.29, 1.82) is 0 Å². The zero-order chi connectivity index (χ0) is 34.4. The standard InChI is InChI=1S/C33H42N6O7S2/c1-22(2)18-39(19-29(40)27(15-23-9-6-5-7-10-23)36-33(42)45-20-24-17-34-21-47-24)48(43,44)25-12-13-26-30(16-25)46-32(35-26)38(4)31(41)28-11-8-14-37(28)3/h5-7,9-10,12-13,16-17,21-22,27-29,40H,8,11,14-15,18-20H2,1-4H3,(H,36,42). The van der Waals surface area contributed by atoms with Gasteiger partial charge in [-0.1, -0.05) is 44.2 Å². The molecule has 1 fully saturated rings. The number of thiazole rings is 1. The van der Waals surface area contributed by atoms with Crippen LogP contribution in [0.3, 0.4) is 0 Å². The fourth-order valence-corrected chi connectivity index (χ4v) is 7.84. The van der Waals surface area contributed by atoms with E-state index in [2.05, 4.69) is 15.3 Å². The highest BCUT2D eigenvalue weighted by Crippen LogP contribution is 2.28.